The van der Waals surface area contributed by atoms with Gasteiger partial charge >= 0.3 is 6.09 Å². The van der Waals surface area contributed by atoms with Crippen LogP contribution in [0.2, 0.25) is 0 Å². The molecule has 2 N–H and O–H groups in total. The highest BCUT2D eigenvalue weighted by atomic mass is 16.6. The molecule has 1 aliphatic heterocycles. The van der Waals surface area contributed by atoms with Crippen LogP contribution in [0.4, 0.5) is 4.79 Å². The van der Waals surface area contributed by atoms with Gasteiger partial charge in [-0.25, -0.2) is 4.79 Å². The monoisotopic (exact) mass is 259 g/mol. The number of carbonyl (C=O) groups excluding carboxylic acids is 1. The van der Waals surface area contributed by atoms with Crippen molar-refractivity contribution < 1.29 is 19.4 Å². The number of amides is 1. The second-order valence-corrected chi connectivity index (χ2v) is 6.70. The van der Waals surface area contributed by atoms with Crippen molar-refractivity contribution in [3.8, 4) is 0 Å². The fourth-order valence-corrected chi connectivity index (χ4v) is 2.24. The van der Waals surface area contributed by atoms with Crippen molar-refractivity contribution in [1.82, 2.24) is 5.32 Å². The van der Waals surface area contributed by atoms with Gasteiger partial charge in [0, 0.05) is 13.0 Å². The van der Waals surface area contributed by atoms with E-state index in [0.29, 0.717) is 26.1 Å². The normalized spacial score (nSPS) is 25.0. The third-order valence-corrected chi connectivity index (χ3v) is 2.64. The van der Waals surface area contributed by atoms with Gasteiger partial charge < -0.3 is 19.9 Å². The average molecular weight is 259 g/mol. The average Bonchev–Trinajstić information content (AvgIpc) is 2.44. The van der Waals surface area contributed by atoms with Crippen LogP contribution in [0, 0.1) is 0 Å². The standard InChI is InChI=1S/C13H25NO4/c1-11(2,3)18-10(15)14-13(6-7-17-9-13)8-12(4,5)16/h16H,6-9H2,1-5H3,(H,14,15). The van der Waals surface area contributed by atoms with Gasteiger partial charge in [0.2, 0.25) is 0 Å². The molecular formula is C13H25NO4. The molecule has 1 atom stereocenters. The molecule has 1 amide bonds. The second-order valence-electron chi connectivity index (χ2n) is 6.70. The Morgan fingerprint density at radius 2 is 2.00 bits per heavy atom. The Labute approximate surface area is 109 Å². The first-order valence-electron chi connectivity index (χ1n) is 6.33. The van der Waals surface area contributed by atoms with E-state index in [2.05, 4.69) is 5.32 Å². The van der Waals surface area contributed by atoms with E-state index in [9.17, 15) is 9.90 Å². The molecule has 1 saturated heterocycles. The summed E-state index contributed by atoms with van der Waals surface area (Å²) in [5.41, 5.74) is -1.91. The highest BCUT2D eigenvalue weighted by molar-refractivity contribution is 5.69. The summed E-state index contributed by atoms with van der Waals surface area (Å²) in [7, 11) is 0. The van der Waals surface area contributed by atoms with Gasteiger partial charge in [0.15, 0.2) is 0 Å². The number of hydrogen-bond donors (Lipinski definition) is 2. The number of aliphatic hydroxyl groups is 1. The van der Waals surface area contributed by atoms with E-state index in [-0.39, 0.29) is 0 Å². The lowest BCUT2D eigenvalue weighted by atomic mass is 9.86. The van der Waals surface area contributed by atoms with E-state index < -0.39 is 22.8 Å². The van der Waals surface area contributed by atoms with Crippen LogP contribution in [0.25, 0.3) is 0 Å². The van der Waals surface area contributed by atoms with Gasteiger partial charge in [0.1, 0.15) is 5.60 Å². The predicted molar refractivity (Wildman–Crippen MR) is 68.5 cm³/mol. The molecular weight excluding hydrogens is 234 g/mol. The zero-order valence-corrected chi connectivity index (χ0v) is 12.0. The molecule has 1 aliphatic rings. The topological polar surface area (TPSA) is 67.8 Å². The zero-order valence-electron chi connectivity index (χ0n) is 12.0. The molecule has 0 aromatic carbocycles. The summed E-state index contributed by atoms with van der Waals surface area (Å²) in [6, 6.07) is 0. The lowest BCUT2D eigenvalue weighted by molar-refractivity contribution is 0.0174. The molecule has 0 radical (unpaired) electrons. The van der Waals surface area contributed by atoms with Crippen LogP contribution in [-0.2, 0) is 9.47 Å². The maximum absolute atomic E-state index is 11.8. The lowest BCUT2D eigenvalue weighted by Crippen LogP contribution is -2.53. The molecule has 0 spiro atoms. The maximum Gasteiger partial charge on any atom is 0.408 e. The highest BCUT2D eigenvalue weighted by Crippen LogP contribution is 2.28. The first kappa shape index (κ1) is 15.2. The number of nitrogens with one attached hydrogen (secondary N) is 1. The van der Waals surface area contributed by atoms with Crippen LogP contribution < -0.4 is 5.32 Å². The van der Waals surface area contributed by atoms with Crippen molar-refractivity contribution in [2.45, 2.75) is 64.2 Å². The van der Waals surface area contributed by atoms with E-state index >= 15 is 0 Å². The van der Waals surface area contributed by atoms with Crippen molar-refractivity contribution in [2.75, 3.05) is 13.2 Å². The van der Waals surface area contributed by atoms with Crippen LogP contribution in [-0.4, -0.2) is 41.2 Å². The molecule has 1 heterocycles. The number of rotatable bonds is 3. The van der Waals surface area contributed by atoms with Crippen molar-refractivity contribution in [3.63, 3.8) is 0 Å². The van der Waals surface area contributed by atoms with E-state index in [0.717, 1.165) is 0 Å². The Hall–Kier alpha value is -0.810. The van der Waals surface area contributed by atoms with Gasteiger partial charge in [-0.1, -0.05) is 0 Å². The predicted octanol–water partition coefficient (Wildman–Crippen LogP) is 1.83. The fraction of sp³-hybridized carbons (Fsp3) is 0.923. The molecule has 106 valence electrons. The summed E-state index contributed by atoms with van der Waals surface area (Å²) < 4.78 is 10.6. The molecule has 0 aromatic heterocycles. The van der Waals surface area contributed by atoms with Crippen LogP contribution in [0.1, 0.15) is 47.5 Å². The molecule has 18 heavy (non-hydrogen) atoms. The molecule has 0 aliphatic carbocycles. The molecule has 1 rings (SSSR count). The molecule has 1 unspecified atom stereocenters. The Morgan fingerprint density at radius 1 is 1.39 bits per heavy atom. The zero-order chi connectivity index (χ0) is 14.0. The number of alkyl carbamates (subject to hydrolysis) is 1. The third kappa shape index (κ3) is 5.23. The first-order chi connectivity index (χ1) is 8.02. The van der Waals surface area contributed by atoms with E-state index in [1.807, 2.05) is 20.8 Å². The SMILES string of the molecule is CC(C)(O)CC1(NC(=O)OC(C)(C)C)CCOC1. The third-order valence-electron chi connectivity index (χ3n) is 2.64. The number of ether oxygens (including phenoxy) is 2. The van der Waals surface area contributed by atoms with Gasteiger partial charge in [-0.15, -0.1) is 0 Å². The van der Waals surface area contributed by atoms with Crippen LogP contribution in [0.5, 0.6) is 0 Å². The summed E-state index contributed by atoms with van der Waals surface area (Å²) in [5, 5.41) is 12.8. The first-order valence-corrected chi connectivity index (χ1v) is 6.33. The Bertz CT molecular complexity index is 295. The van der Waals surface area contributed by atoms with Gasteiger partial charge in [0.25, 0.3) is 0 Å². The number of hydrogen-bond acceptors (Lipinski definition) is 4. The van der Waals surface area contributed by atoms with Crippen molar-refractivity contribution >= 4 is 6.09 Å². The van der Waals surface area contributed by atoms with Crippen molar-refractivity contribution in [2.24, 2.45) is 0 Å². The molecule has 5 nitrogen and oxygen atoms in total. The molecule has 5 heteroatoms. The van der Waals surface area contributed by atoms with Crippen LogP contribution in [0.3, 0.4) is 0 Å². The van der Waals surface area contributed by atoms with E-state index in [1.165, 1.54) is 0 Å². The lowest BCUT2D eigenvalue weighted by Gasteiger charge is -2.34. The van der Waals surface area contributed by atoms with E-state index in [1.54, 1.807) is 13.8 Å². The van der Waals surface area contributed by atoms with Gasteiger partial charge in [0.05, 0.1) is 17.7 Å². The van der Waals surface area contributed by atoms with Crippen molar-refractivity contribution in [1.29, 1.82) is 0 Å². The van der Waals surface area contributed by atoms with Gasteiger partial charge in [-0.3, -0.25) is 0 Å². The smallest absolute Gasteiger partial charge is 0.408 e. The Balaban J connectivity index is 2.66. The molecule has 0 saturated carbocycles. The van der Waals surface area contributed by atoms with Gasteiger partial charge in [-0.05, 0) is 41.0 Å². The Morgan fingerprint density at radius 3 is 2.39 bits per heavy atom. The van der Waals surface area contributed by atoms with Crippen LogP contribution >= 0.6 is 0 Å². The molecule has 0 aromatic rings. The minimum Gasteiger partial charge on any atom is -0.444 e. The summed E-state index contributed by atoms with van der Waals surface area (Å²) in [6.07, 6.45) is 0.674. The molecule has 1 fully saturated rings. The van der Waals surface area contributed by atoms with Gasteiger partial charge in [-0.2, -0.15) is 0 Å². The maximum atomic E-state index is 11.8. The summed E-state index contributed by atoms with van der Waals surface area (Å²) in [5.74, 6) is 0. The van der Waals surface area contributed by atoms with Crippen LogP contribution in [0.15, 0.2) is 0 Å². The minimum absolute atomic E-state index is 0.413. The molecule has 0 bridgehead atoms. The summed E-state index contributed by atoms with van der Waals surface area (Å²) in [6.45, 7) is 9.91. The van der Waals surface area contributed by atoms with Crippen molar-refractivity contribution in [3.05, 3.63) is 0 Å². The highest BCUT2D eigenvalue weighted by Gasteiger charge is 2.41. The summed E-state index contributed by atoms with van der Waals surface area (Å²) in [4.78, 5) is 11.8. The fourth-order valence-electron chi connectivity index (χ4n) is 2.24. The summed E-state index contributed by atoms with van der Waals surface area (Å²) >= 11 is 0. The van der Waals surface area contributed by atoms with E-state index in [4.69, 9.17) is 9.47 Å². The largest absolute Gasteiger partial charge is 0.444 e. The number of carbonyl (C=O) groups is 1. The second kappa shape index (κ2) is 5.05. The quantitative estimate of drug-likeness (QED) is 0.811. The Kier molecular flexibility index (Phi) is 4.28. The minimum atomic E-state index is -0.858.